The van der Waals surface area contributed by atoms with Gasteiger partial charge in [-0.2, -0.15) is 0 Å². The fourth-order valence-electron chi connectivity index (χ4n) is 3.11. The van der Waals surface area contributed by atoms with Crippen molar-refractivity contribution < 1.29 is 4.74 Å². The van der Waals surface area contributed by atoms with Crippen molar-refractivity contribution in [1.82, 2.24) is 4.90 Å². The molecule has 2 aromatic carbocycles. The Hall–Kier alpha value is -2.32. The maximum atomic E-state index is 5.56. The van der Waals surface area contributed by atoms with E-state index in [0.29, 0.717) is 0 Å². The molecule has 25 heavy (non-hydrogen) atoms. The molecule has 0 aliphatic carbocycles. The summed E-state index contributed by atoms with van der Waals surface area (Å²) in [4.78, 5) is 2.45. The first-order valence-corrected chi connectivity index (χ1v) is 9.24. The number of unbranched alkanes of at least 4 members (excludes halogenated alkanes) is 1. The second kappa shape index (κ2) is 9.24. The molecule has 0 aromatic heterocycles. The van der Waals surface area contributed by atoms with E-state index >= 15 is 0 Å². The minimum atomic E-state index is 0.795. The molecule has 0 spiro atoms. The van der Waals surface area contributed by atoms with Crippen LogP contribution in [0, 0.1) is 0 Å². The number of allylic oxidation sites excluding steroid dienone is 3. The largest absolute Gasteiger partial charge is 0.378 e. The van der Waals surface area contributed by atoms with E-state index in [4.69, 9.17) is 4.74 Å². The van der Waals surface area contributed by atoms with Gasteiger partial charge in [0.1, 0.15) is 0 Å². The molecule has 1 heterocycles. The van der Waals surface area contributed by atoms with Gasteiger partial charge in [-0.15, -0.1) is 0 Å². The average Bonchev–Trinajstić information content (AvgIpc) is 2.70. The smallest absolute Gasteiger partial charge is 0.0642 e. The van der Waals surface area contributed by atoms with E-state index in [2.05, 4.69) is 84.6 Å². The number of benzene rings is 2. The van der Waals surface area contributed by atoms with Gasteiger partial charge in [-0.1, -0.05) is 80.1 Å². The Kier molecular flexibility index (Phi) is 6.47. The zero-order chi connectivity index (χ0) is 17.3. The van der Waals surface area contributed by atoms with Gasteiger partial charge < -0.3 is 9.64 Å². The van der Waals surface area contributed by atoms with Gasteiger partial charge in [0.05, 0.1) is 13.2 Å². The van der Waals surface area contributed by atoms with Crippen LogP contribution in [-0.2, 0) is 4.74 Å². The van der Waals surface area contributed by atoms with Crippen LogP contribution in [0.25, 0.3) is 11.3 Å². The summed E-state index contributed by atoms with van der Waals surface area (Å²) in [6.07, 6.45) is 6.96. The molecule has 130 valence electrons. The maximum Gasteiger partial charge on any atom is 0.0642 e. The summed E-state index contributed by atoms with van der Waals surface area (Å²) >= 11 is 0. The van der Waals surface area contributed by atoms with Gasteiger partial charge in [-0.25, -0.2) is 0 Å². The van der Waals surface area contributed by atoms with Crippen LogP contribution in [0.2, 0.25) is 0 Å². The second-order valence-corrected chi connectivity index (χ2v) is 6.31. The molecule has 0 saturated carbocycles. The Labute approximate surface area is 151 Å². The molecule has 2 nitrogen and oxygen atoms in total. The highest BCUT2D eigenvalue weighted by atomic mass is 16.5. The molecule has 1 aliphatic rings. The van der Waals surface area contributed by atoms with Crippen LogP contribution in [0.3, 0.4) is 0 Å². The zero-order valence-electron chi connectivity index (χ0n) is 15.0. The first-order chi connectivity index (χ1) is 12.4. The van der Waals surface area contributed by atoms with Crippen molar-refractivity contribution in [2.24, 2.45) is 0 Å². The average molecular weight is 333 g/mol. The van der Waals surface area contributed by atoms with E-state index in [1.54, 1.807) is 0 Å². The first-order valence-electron chi connectivity index (χ1n) is 9.24. The van der Waals surface area contributed by atoms with E-state index in [0.717, 1.165) is 39.1 Å². The third kappa shape index (κ3) is 4.83. The fraction of sp³-hybridized carbons (Fsp3) is 0.304. The topological polar surface area (TPSA) is 12.5 Å². The highest BCUT2D eigenvalue weighted by Crippen LogP contribution is 2.26. The van der Waals surface area contributed by atoms with Crippen molar-refractivity contribution in [2.45, 2.75) is 19.8 Å². The quantitative estimate of drug-likeness (QED) is 0.670. The number of morpholine rings is 1. The van der Waals surface area contributed by atoms with Gasteiger partial charge in [0.25, 0.3) is 0 Å². The molecular formula is C23H27NO. The minimum absolute atomic E-state index is 0.795. The zero-order valence-corrected chi connectivity index (χ0v) is 15.0. The fourth-order valence-corrected chi connectivity index (χ4v) is 3.11. The maximum absolute atomic E-state index is 5.56. The van der Waals surface area contributed by atoms with Gasteiger partial charge in [-0.3, -0.25) is 0 Å². The SMILES string of the molecule is CCC/C=C(/C=C(\c1ccccc1)N1CCOCC1)c1ccccc1. The third-order valence-electron chi connectivity index (χ3n) is 4.47. The normalized spacial score (nSPS) is 16.1. The second-order valence-electron chi connectivity index (χ2n) is 6.31. The summed E-state index contributed by atoms with van der Waals surface area (Å²) in [6.45, 7) is 5.70. The lowest BCUT2D eigenvalue weighted by Crippen LogP contribution is -2.35. The van der Waals surface area contributed by atoms with Gasteiger partial charge >= 0.3 is 0 Å². The van der Waals surface area contributed by atoms with E-state index in [1.807, 2.05) is 0 Å². The Morgan fingerprint density at radius 1 is 0.920 bits per heavy atom. The van der Waals surface area contributed by atoms with E-state index in [9.17, 15) is 0 Å². The molecule has 0 atom stereocenters. The summed E-state index contributed by atoms with van der Waals surface area (Å²) in [5.74, 6) is 0. The van der Waals surface area contributed by atoms with E-state index in [-0.39, 0.29) is 0 Å². The standard InChI is InChI=1S/C23H27NO/c1-2-3-10-22(20-11-6-4-7-12-20)19-23(21-13-8-5-9-14-21)24-15-17-25-18-16-24/h4-14,19H,2-3,15-18H2,1H3/b22-10-,23-19+. The van der Waals surface area contributed by atoms with E-state index in [1.165, 1.54) is 22.4 Å². The first kappa shape index (κ1) is 17.5. The van der Waals surface area contributed by atoms with Gasteiger partial charge in [-0.05, 0) is 29.2 Å². The molecule has 0 bridgehead atoms. The Morgan fingerprint density at radius 3 is 2.12 bits per heavy atom. The number of hydrogen-bond donors (Lipinski definition) is 0. The van der Waals surface area contributed by atoms with E-state index < -0.39 is 0 Å². The lowest BCUT2D eigenvalue weighted by atomic mass is 10.00. The van der Waals surface area contributed by atoms with Gasteiger partial charge in [0.2, 0.25) is 0 Å². The van der Waals surface area contributed by atoms with Crippen LogP contribution >= 0.6 is 0 Å². The summed E-state index contributed by atoms with van der Waals surface area (Å²) in [5, 5.41) is 0. The predicted molar refractivity (Wildman–Crippen MR) is 106 cm³/mol. The number of rotatable bonds is 6. The monoisotopic (exact) mass is 333 g/mol. The summed E-state index contributed by atoms with van der Waals surface area (Å²) < 4.78 is 5.56. The highest BCUT2D eigenvalue weighted by molar-refractivity contribution is 5.83. The Bertz CT molecular complexity index is 697. The van der Waals surface area contributed by atoms with Gasteiger partial charge in [0, 0.05) is 18.8 Å². The number of hydrogen-bond acceptors (Lipinski definition) is 2. The molecular weight excluding hydrogens is 306 g/mol. The predicted octanol–water partition coefficient (Wildman–Crippen LogP) is 5.24. The molecule has 1 fully saturated rings. The highest BCUT2D eigenvalue weighted by Gasteiger charge is 2.16. The number of ether oxygens (including phenoxy) is 1. The van der Waals surface area contributed by atoms with Crippen molar-refractivity contribution in [3.8, 4) is 0 Å². The molecule has 0 N–H and O–H groups in total. The van der Waals surface area contributed by atoms with Crippen LogP contribution in [0.4, 0.5) is 0 Å². The van der Waals surface area contributed by atoms with Crippen molar-refractivity contribution in [2.75, 3.05) is 26.3 Å². The summed E-state index contributed by atoms with van der Waals surface area (Å²) in [5.41, 5.74) is 5.13. The van der Waals surface area contributed by atoms with Crippen molar-refractivity contribution in [3.05, 3.63) is 83.9 Å². The third-order valence-corrected chi connectivity index (χ3v) is 4.47. The van der Waals surface area contributed by atoms with Crippen LogP contribution in [-0.4, -0.2) is 31.2 Å². The van der Waals surface area contributed by atoms with Crippen LogP contribution < -0.4 is 0 Å². The summed E-state index contributed by atoms with van der Waals surface area (Å²) in [7, 11) is 0. The molecule has 0 radical (unpaired) electrons. The molecule has 1 saturated heterocycles. The molecule has 0 unspecified atom stereocenters. The summed E-state index contributed by atoms with van der Waals surface area (Å²) in [6, 6.07) is 21.4. The lowest BCUT2D eigenvalue weighted by molar-refractivity contribution is 0.0640. The van der Waals surface area contributed by atoms with Crippen LogP contribution in [0.1, 0.15) is 30.9 Å². The molecule has 0 amide bonds. The molecule has 1 aliphatic heterocycles. The molecule has 3 rings (SSSR count). The molecule has 2 heteroatoms. The van der Waals surface area contributed by atoms with Crippen molar-refractivity contribution in [1.29, 1.82) is 0 Å². The van der Waals surface area contributed by atoms with Gasteiger partial charge in [0.15, 0.2) is 0 Å². The Morgan fingerprint density at radius 2 is 1.52 bits per heavy atom. The van der Waals surface area contributed by atoms with Crippen LogP contribution in [0.5, 0.6) is 0 Å². The Balaban J connectivity index is 2.02. The van der Waals surface area contributed by atoms with Crippen molar-refractivity contribution >= 4 is 11.3 Å². The van der Waals surface area contributed by atoms with Crippen LogP contribution in [0.15, 0.2) is 72.8 Å². The number of nitrogens with zero attached hydrogens (tertiary/aromatic N) is 1. The molecule has 2 aromatic rings. The van der Waals surface area contributed by atoms with Crippen molar-refractivity contribution in [3.63, 3.8) is 0 Å². The lowest BCUT2D eigenvalue weighted by Gasteiger charge is -2.31. The minimum Gasteiger partial charge on any atom is -0.378 e.